The van der Waals surface area contributed by atoms with Crippen molar-refractivity contribution in [1.82, 2.24) is 5.32 Å². The average molecular weight is 517 g/mol. The first kappa shape index (κ1) is 26.4. The second-order valence-corrected chi connectivity index (χ2v) is 9.97. The van der Waals surface area contributed by atoms with Crippen molar-refractivity contribution in [2.75, 3.05) is 17.9 Å². The first-order chi connectivity index (χ1) is 16.6. The van der Waals surface area contributed by atoms with E-state index in [-0.39, 0.29) is 27.2 Å². The van der Waals surface area contributed by atoms with Crippen molar-refractivity contribution in [3.05, 3.63) is 82.4 Å². The van der Waals surface area contributed by atoms with Gasteiger partial charge in [-0.3, -0.25) is 9.52 Å². The molecule has 0 aliphatic carbocycles. The molecule has 0 aromatic heterocycles. The molecule has 0 fully saturated rings. The van der Waals surface area contributed by atoms with Crippen LogP contribution in [0.3, 0.4) is 0 Å². The second kappa shape index (κ2) is 11.5. The number of benzene rings is 3. The molecule has 186 valence electrons. The summed E-state index contributed by atoms with van der Waals surface area (Å²) in [5.74, 6) is 0.789. The van der Waals surface area contributed by atoms with Gasteiger partial charge in [-0.05, 0) is 75.7 Å². The maximum Gasteiger partial charge on any atom is 0.261 e. The van der Waals surface area contributed by atoms with E-state index in [0.29, 0.717) is 24.7 Å². The molecule has 0 unspecified atom stereocenters. The molecule has 0 aliphatic heterocycles. The van der Waals surface area contributed by atoms with Gasteiger partial charge >= 0.3 is 0 Å². The number of rotatable bonds is 10. The van der Waals surface area contributed by atoms with E-state index in [1.807, 2.05) is 39.8 Å². The summed E-state index contributed by atoms with van der Waals surface area (Å²) in [6, 6.07) is 16.0. The van der Waals surface area contributed by atoms with Gasteiger partial charge in [0.25, 0.3) is 15.9 Å². The number of nitrogens with one attached hydrogen (secondary N) is 2. The zero-order valence-electron chi connectivity index (χ0n) is 20.1. The quantitative estimate of drug-likeness (QED) is 0.358. The zero-order valence-corrected chi connectivity index (χ0v) is 21.7. The Morgan fingerprint density at radius 1 is 0.943 bits per heavy atom. The van der Waals surface area contributed by atoms with Crippen LogP contribution in [0.15, 0.2) is 65.6 Å². The maximum atomic E-state index is 13.0. The van der Waals surface area contributed by atoms with Crippen LogP contribution in [0.5, 0.6) is 11.5 Å². The van der Waals surface area contributed by atoms with Gasteiger partial charge in [-0.2, -0.15) is 0 Å². The predicted octanol–water partition coefficient (Wildman–Crippen LogP) is 5.74. The normalized spacial score (nSPS) is 12.0. The molecule has 0 bridgehead atoms. The third-order valence-corrected chi connectivity index (χ3v) is 6.94. The monoisotopic (exact) mass is 516 g/mol. The van der Waals surface area contributed by atoms with Gasteiger partial charge in [0.1, 0.15) is 0 Å². The molecule has 9 heteroatoms. The first-order valence-electron chi connectivity index (χ1n) is 11.2. The summed E-state index contributed by atoms with van der Waals surface area (Å²) in [6.45, 7) is 8.47. The minimum absolute atomic E-state index is 0.123. The van der Waals surface area contributed by atoms with Crippen molar-refractivity contribution in [3.8, 4) is 11.5 Å². The number of amides is 1. The maximum absolute atomic E-state index is 13.0. The summed E-state index contributed by atoms with van der Waals surface area (Å²) in [6.07, 6.45) is 0. The number of carbonyl (C=O) groups excluding carboxylic acids is 1. The highest BCUT2D eigenvalue weighted by atomic mass is 35.5. The van der Waals surface area contributed by atoms with Crippen LogP contribution in [0.25, 0.3) is 0 Å². The predicted molar refractivity (Wildman–Crippen MR) is 138 cm³/mol. The number of hydrogen-bond donors (Lipinski definition) is 2. The van der Waals surface area contributed by atoms with Crippen molar-refractivity contribution in [2.45, 2.75) is 38.6 Å². The van der Waals surface area contributed by atoms with Crippen molar-refractivity contribution in [1.29, 1.82) is 0 Å². The van der Waals surface area contributed by atoms with E-state index >= 15 is 0 Å². The molecule has 0 heterocycles. The summed E-state index contributed by atoms with van der Waals surface area (Å²) in [5, 5.41) is 3.11. The Kier molecular flexibility index (Phi) is 8.64. The molecule has 0 spiro atoms. The highest BCUT2D eigenvalue weighted by Gasteiger charge is 2.19. The first-order valence-corrected chi connectivity index (χ1v) is 13.1. The molecule has 2 N–H and O–H groups in total. The fraction of sp³-hybridized carbons (Fsp3) is 0.269. The van der Waals surface area contributed by atoms with Gasteiger partial charge < -0.3 is 14.8 Å². The van der Waals surface area contributed by atoms with Gasteiger partial charge in [0.2, 0.25) is 0 Å². The van der Waals surface area contributed by atoms with Crippen LogP contribution in [0.2, 0.25) is 5.02 Å². The van der Waals surface area contributed by atoms with E-state index in [2.05, 4.69) is 10.0 Å². The Bertz CT molecular complexity index is 1290. The number of sulfonamides is 1. The van der Waals surface area contributed by atoms with Gasteiger partial charge in [-0.15, -0.1) is 0 Å². The third-order valence-electron chi connectivity index (χ3n) is 5.21. The molecule has 0 saturated heterocycles. The van der Waals surface area contributed by atoms with E-state index in [9.17, 15) is 13.2 Å². The molecule has 1 atom stereocenters. The summed E-state index contributed by atoms with van der Waals surface area (Å²) >= 11 is 6.27. The van der Waals surface area contributed by atoms with Crippen LogP contribution in [-0.2, 0) is 10.0 Å². The van der Waals surface area contributed by atoms with E-state index in [1.165, 1.54) is 30.3 Å². The number of carbonyl (C=O) groups is 1. The number of hydrogen-bond acceptors (Lipinski definition) is 5. The van der Waals surface area contributed by atoms with Crippen LogP contribution >= 0.6 is 11.6 Å². The Morgan fingerprint density at radius 2 is 1.60 bits per heavy atom. The van der Waals surface area contributed by atoms with Gasteiger partial charge in [0.15, 0.2) is 11.5 Å². The van der Waals surface area contributed by atoms with Gasteiger partial charge in [-0.25, -0.2) is 8.42 Å². The largest absolute Gasteiger partial charge is 0.490 e. The van der Waals surface area contributed by atoms with Crippen LogP contribution in [0.1, 0.15) is 48.3 Å². The van der Waals surface area contributed by atoms with Crippen LogP contribution in [0.4, 0.5) is 5.69 Å². The molecule has 35 heavy (non-hydrogen) atoms. The molecule has 3 aromatic rings. The van der Waals surface area contributed by atoms with Crippen molar-refractivity contribution in [2.24, 2.45) is 0 Å². The van der Waals surface area contributed by atoms with Crippen molar-refractivity contribution < 1.29 is 22.7 Å². The Labute approximate surface area is 211 Å². The number of anilines is 1. The fourth-order valence-electron chi connectivity index (χ4n) is 3.39. The van der Waals surface area contributed by atoms with Crippen LogP contribution < -0.4 is 19.5 Å². The van der Waals surface area contributed by atoms with Gasteiger partial charge in [0.05, 0.1) is 34.7 Å². The molecule has 3 aromatic carbocycles. The molecular weight excluding hydrogens is 488 g/mol. The fourth-order valence-corrected chi connectivity index (χ4v) is 4.64. The second-order valence-electron chi connectivity index (χ2n) is 7.88. The number of aryl methyl sites for hydroxylation is 1. The van der Waals surface area contributed by atoms with Gasteiger partial charge in [-0.1, -0.05) is 35.4 Å². The lowest BCUT2D eigenvalue weighted by molar-refractivity contribution is 0.0940. The summed E-state index contributed by atoms with van der Waals surface area (Å²) < 4.78 is 39.2. The molecule has 1 amide bonds. The van der Waals surface area contributed by atoms with Crippen molar-refractivity contribution >= 4 is 33.2 Å². The van der Waals surface area contributed by atoms with Crippen LogP contribution in [0, 0.1) is 6.92 Å². The number of halogens is 1. The smallest absolute Gasteiger partial charge is 0.261 e. The molecule has 0 radical (unpaired) electrons. The lowest BCUT2D eigenvalue weighted by Gasteiger charge is -2.18. The third kappa shape index (κ3) is 6.68. The lowest BCUT2D eigenvalue weighted by Crippen LogP contribution is -2.27. The van der Waals surface area contributed by atoms with Gasteiger partial charge in [0, 0.05) is 5.69 Å². The number of ether oxygens (including phenoxy) is 2. The Hall–Kier alpha value is -3.23. The molecule has 0 saturated carbocycles. The lowest BCUT2D eigenvalue weighted by atomic mass is 10.1. The van der Waals surface area contributed by atoms with E-state index in [0.717, 1.165) is 11.1 Å². The van der Waals surface area contributed by atoms with Crippen molar-refractivity contribution in [3.63, 3.8) is 0 Å². The standard InChI is InChI=1S/C26H29ClN2O5S/c1-5-33-24-14-9-19(15-25(24)34-6-2)18(4)28-26(30)22-16-20(10-13-23(22)27)29-35(31,32)21-11-7-17(3)8-12-21/h7-16,18,29H,5-6H2,1-4H3,(H,28,30)/t18-/m1/s1. The molecule has 0 aliphatic rings. The molecular formula is C26H29ClN2O5S. The Morgan fingerprint density at radius 3 is 2.26 bits per heavy atom. The summed E-state index contributed by atoms with van der Waals surface area (Å²) in [4.78, 5) is 13.1. The average Bonchev–Trinajstić information content (AvgIpc) is 2.81. The minimum atomic E-state index is -3.82. The van der Waals surface area contributed by atoms with E-state index < -0.39 is 15.9 Å². The minimum Gasteiger partial charge on any atom is -0.490 e. The van der Waals surface area contributed by atoms with E-state index in [1.54, 1.807) is 18.2 Å². The Balaban J connectivity index is 1.79. The van der Waals surface area contributed by atoms with E-state index in [4.69, 9.17) is 21.1 Å². The zero-order chi connectivity index (χ0) is 25.6. The molecule has 3 rings (SSSR count). The molecule has 7 nitrogen and oxygen atoms in total. The SMILES string of the molecule is CCOc1ccc([C@@H](C)NC(=O)c2cc(NS(=O)(=O)c3ccc(C)cc3)ccc2Cl)cc1OCC. The topological polar surface area (TPSA) is 93.7 Å². The summed E-state index contributed by atoms with van der Waals surface area (Å²) in [7, 11) is -3.82. The highest BCUT2D eigenvalue weighted by molar-refractivity contribution is 7.92. The van der Waals surface area contributed by atoms with Crippen LogP contribution in [-0.4, -0.2) is 27.5 Å². The summed E-state index contributed by atoms with van der Waals surface area (Å²) in [5.41, 5.74) is 2.15. The highest BCUT2D eigenvalue weighted by Crippen LogP contribution is 2.31.